The van der Waals surface area contributed by atoms with Crippen LogP contribution in [0.5, 0.6) is 5.75 Å². The molecule has 1 aromatic heterocycles. The number of piperazine rings is 1. The van der Waals surface area contributed by atoms with Gasteiger partial charge in [0.2, 0.25) is 5.75 Å². The number of aromatic nitrogens is 1. The molecule has 10 heteroatoms. The Morgan fingerprint density at radius 1 is 1.14 bits per heavy atom. The summed E-state index contributed by atoms with van der Waals surface area (Å²) in [6.45, 7) is 3.21. The number of pyridine rings is 1. The number of hydrogen-bond donors (Lipinski definition) is 4. The van der Waals surface area contributed by atoms with Gasteiger partial charge in [0.25, 0.3) is 5.56 Å². The second-order valence-corrected chi connectivity index (χ2v) is 8.33. The van der Waals surface area contributed by atoms with E-state index >= 15 is 0 Å². The highest BCUT2D eigenvalue weighted by atomic mass is 19.1. The Kier molecular flexibility index (Phi) is 7.64. The van der Waals surface area contributed by atoms with Crippen LogP contribution < -0.4 is 25.8 Å². The van der Waals surface area contributed by atoms with Crippen molar-refractivity contribution in [3.8, 4) is 5.75 Å². The molecule has 0 radical (unpaired) electrons. The van der Waals surface area contributed by atoms with Crippen LogP contribution in [-0.4, -0.2) is 60.9 Å². The zero-order valence-electron chi connectivity index (χ0n) is 19.3. The van der Waals surface area contributed by atoms with Gasteiger partial charge in [-0.15, -0.1) is 0 Å². The monoisotopic (exact) mass is 481 g/mol. The number of nitrogens with zero attached hydrogens (tertiary/aromatic N) is 2. The van der Waals surface area contributed by atoms with Gasteiger partial charge in [0.15, 0.2) is 0 Å². The molecule has 2 aromatic carbocycles. The van der Waals surface area contributed by atoms with Crippen LogP contribution in [0.2, 0.25) is 0 Å². The van der Waals surface area contributed by atoms with Gasteiger partial charge in [-0.25, -0.2) is 9.18 Å². The Bertz CT molecular complexity index is 1210. The van der Waals surface area contributed by atoms with Gasteiger partial charge < -0.3 is 29.9 Å². The summed E-state index contributed by atoms with van der Waals surface area (Å²) in [5.41, 5.74) is 0.977. The van der Waals surface area contributed by atoms with E-state index in [1.165, 1.54) is 18.3 Å². The van der Waals surface area contributed by atoms with E-state index in [1.54, 1.807) is 24.3 Å². The Hall–Kier alpha value is -3.89. The molecule has 1 fully saturated rings. The van der Waals surface area contributed by atoms with E-state index in [1.807, 2.05) is 30.1 Å². The average molecular weight is 482 g/mol. The second kappa shape index (κ2) is 11.0. The molecule has 1 aliphatic rings. The summed E-state index contributed by atoms with van der Waals surface area (Å²) >= 11 is 0. The third kappa shape index (κ3) is 6.17. The van der Waals surface area contributed by atoms with Crippen LogP contribution in [0, 0.1) is 5.82 Å². The van der Waals surface area contributed by atoms with Crippen molar-refractivity contribution < 1.29 is 19.0 Å². The molecule has 2 heterocycles. The van der Waals surface area contributed by atoms with Crippen molar-refractivity contribution in [3.05, 3.63) is 82.5 Å². The Morgan fingerprint density at radius 3 is 2.60 bits per heavy atom. The SMILES string of the molecule is CN1CCN(c2ccc(NC(=O)Oc3c(NC[C@@H](O)c4ccccc4)cc[nH]c3=O)cc2F)CC1. The first-order valence-electron chi connectivity index (χ1n) is 11.3. The summed E-state index contributed by atoms with van der Waals surface area (Å²) in [6.07, 6.45) is -0.379. The van der Waals surface area contributed by atoms with Crippen LogP contribution in [0.15, 0.2) is 65.6 Å². The van der Waals surface area contributed by atoms with Crippen molar-refractivity contribution in [2.45, 2.75) is 6.10 Å². The Balaban J connectivity index is 1.40. The number of hydrogen-bond acceptors (Lipinski definition) is 7. The van der Waals surface area contributed by atoms with Gasteiger partial charge >= 0.3 is 6.09 Å². The highest BCUT2D eigenvalue weighted by molar-refractivity contribution is 5.87. The van der Waals surface area contributed by atoms with Crippen molar-refractivity contribution in [1.29, 1.82) is 0 Å². The standard InChI is InChI=1S/C25H28FN5O4/c1-30-11-13-31(14-12-30)21-8-7-18(15-19(21)26)29-25(34)35-23-20(9-10-27-24(23)33)28-16-22(32)17-5-3-2-4-6-17/h2-10,15,22,32H,11-14,16H2,1H3,(H,29,34)(H2,27,28,33)/t22-/m1/s1. The third-order valence-electron chi connectivity index (χ3n) is 5.82. The van der Waals surface area contributed by atoms with Crippen molar-refractivity contribution in [2.75, 3.05) is 55.3 Å². The predicted octanol–water partition coefficient (Wildman–Crippen LogP) is 3.02. The van der Waals surface area contributed by atoms with Crippen LogP contribution in [0.4, 0.5) is 26.2 Å². The number of nitrogens with one attached hydrogen (secondary N) is 3. The molecule has 3 aromatic rings. The van der Waals surface area contributed by atoms with Crippen LogP contribution in [0.25, 0.3) is 0 Å². The molecule has 0 bridgehead atoms. The lowest BCUT2D eigenvalue weighted by molar-refractivity contribution is 0.191. The maximum absolute atomic E-state index is 14.7. The highest BCUT2D eigenvalue weighted by Crippen LogP contribution is 2.25. The van der Waals surface area contributed by atoms with Crippen LogP contribution in [-0.2, 0) is 0 Å². The molecule has 1 aliphatic heterocycles. The summed E-state index contributed by atoms with van der Waals surface area (Å²) in [6, 6.07) is 15.0. The van der Waals surface area contributed by atoms with Crippen molar-refractivity contribution in [1.82, 2.24) is 9.88 Å². The topological polar surface area (TPSA) is 110 Å². The van der Waals surface area contributed by atoms with E-state index in [2.05, 4.69) is 20.5 Å². The van der Waals surface area contributed by atoms with Gasteiger partial charge in [0.05, 0.1) is 17.5 Å². The number of likely N-dealkylation sites (N-methyl/N-ethyl adjacent to an activating group) is 1. The zero-order chi connectivity index (χ0) is 24.8. The fraction of sp³-hybridized carbons (Fsp3) is 0.280. The minimum Gasteiger partial charge on any atom is -0.402 e. The number of aromatic amines is 1. The fourth-order valence-corrected chi connectivity index (χ4v) is 3.83. The minimum absolute atomic E-state index is 0.0877. The third-order valence-corrected chi connectivity index (χ3v) is 5.82. The van der Waals surface area contributed by atoms with Gasteiger partial charge in [-0.3, -0.25) is 10.1 Å². The Morgan fingerprint density at radius 2 is 1.89 bits per heavy atom. The van der Waals surface area contributed by atoms with Gasteiger partial charge in [-0.1, -0.05) is 30.3 Å². The number of carbonyl (C=O) groups is 1. The van der Waals surface area contributed by atoms with Crippen molar-refractivity contribution in [2.24, 2.45) is 0 Å². The quantitative estimate of drug-likeness (QED) is 0.411. The lowest BCUT2D eigenvalue weighted by Crippen LogP contribution is -2.44. The maximum Gasteiger partial charge on any atom is 0.417 e. The van der Waals surface area contributed by atoms with Crippen LogP contribution in [0.1, 0.15) is 11.7 Å². The zero-order valence-corrected chi connectivity index (χ0v) is 19.3. The molecule has 35 heavy (non-hydrogen) atoms. The minimum atomic E-state index is -0.944. The van der Waals surface area contributed by atoms with E-state index in [4.69, 9.17) is 4.74 Å². The number of carbonyl (C=O) groups excluding carboxylic acids is 1. The van der Waals surface area contributed by atoms with Gasteiger partial charge in [-0.05, 0) is 36.9 Å². The molecule has 1 amide bonds. The van der Waals surface area contributed by atoms with Crippen molar-refractivity contribution >= 4 is 23.2 Å². The molecule has 1 saturated heterocycles. The molecule has 4 rings (SSSR count). The summed E-state index contributed by atoms with van der Waals surface area (Å²) in [4.78, 5) is 31.4. The molecule has 1 atom stereocenters. The van der Waals surface area contributed by atoms with Gasteiger partial charge in [0.1, 0.15) is 5.82 Å². The summed E-state index contributed by atoms with van der Waals surface area (Å²) in [5.74, 6) is -0.720. The highest BCUT2D eigenvalue weighted by Gasteiger charge is 2.19. The fourth-order valence-electron chi connectivity index (χ4n) is 3.83. The molecule has 184 valence electrons. The van der Waals surface area contributed by atoms with Crippen LogP contribution in [0.3, 0.4) is 0 Å². The molecule has 0 unspecified atom stereocenters. The first-order valence-corrected chi connectivity index (χ1v) is 11.3. The molecular weight excluding hydrogens is 453 g/mol. The van der Waals surface area contributed by atoms with Gasteiger partial charge in [0, 0.05) is 44.6 Å². The number of rotatable bonds is 7. The molecule has 0 aliphatic carbocycles. The van der Waals surface area contributed by atoms with Crippen molar-refractivity contribution in [3.63, 3.8) is 0 Å². The van der Waals surface area contributed by atoms with E-state index in [-0.39, 0.29) is 23.7 Å². The van der Waals surface area contributed by atoms with Crippen LogP contribution >= 0.6 is 0 Å². The molecule has 0 saturated carbocycles. The summed E-state index contributed by atoms with van der Waals surface area (Å²) in [7, 11) is 2.02. The number of aliphatic hydroxyl groups is 1. The Labute approximate surface area is 202 Å². The molecule has 4 N–H and O–H groups in total. The van der Waals surface area contributed by atoms with E-state index in [9.17, 15) is 19.1 Å². The number of amides is 1. The largest absolute Gasteiger partial charge is 0.417 e. The van der Waals surface area contributed by atoms with E-state index in [0.717, 1.165) is 13.1 Å². The predicted molar refractivity (Wildman–Crippen MR) is 133 cm³/mol. The number of aliphatic hydroxyl groups excluding tert-OH is 1. The first-order chi connectivity index (χ1) is 16.9. The molecule has 9 nitrogen and oxygen atoms in total. The number of benzene rings is 2. The summed E-state index contributed by atoms with van der Waals surface area (Å²) in [5, 5.41) is 15.8. The smallest absolute Gasteiger partial charge is 0.402 e. The number of ether oxygens (including phenoxy) is 1. The lowest BCUT2D eigenvalue weighted by Gasteiger charge is -2.34. The molecule has 0 spiro atoms. The molecular formula is C25H28FN5O4. The van der Waals surface area contributed by atoms with E-state index in [0.29, 0.717) is 24.3 Å². The summed E-state index contributed by atoms with van der Waals surface area (Å²) < 4.78 is 20.0. The number of H-pyrrole nitrogens is 1. The normalized spacial score (nSPS) is 14.9. The maximum atomic E-state index is 14.7. The number of anilines is 3. The second-order valence-electron chi connectivity index (χ2n) is 8.33. The number of halogens is 1. The van der Waals surface area contributed by atoms with E-state index < -0.39 is 23.6 Å². The average Bonchev–Trinajstić information content (AvgIpc) is 2.85. The first kappa shape index (κ1) is 24.2. The van der Waals surface area contributed by atoms with Gasteiger partial charge in [-0.2, -0.15) is 0 Å². The lowest BCUT2D eigenvalue weighted by atomic mass is 10.1.